The fraction of sp³-hybridized carbons (Fsp3) is 0.797. The molecule has 83 heavy (non-hydrogen) atoms. The Labute approximate surface area is 495 Å². The van der Waals surface area contributed by atoms with Crippen molar-refractivity contribution in [3.05, 3.63) is 0 Å². The molecule has 1 rings (SSSR count). The quantitative estimate of drug-likeness (QED) is 0.148. The lowest BCUT2D eigenvalue weighted by molar-refractivity contribution is -0.153. The maximum Gasteiger partial charge on any atom is 0.245 e. The van der Waals surface area contributed by atoms with Crippen LogP contribution in [0.1, 0.15) is 155 Å². The van der Waals surface area contributed by atoms with Crippen LogP contribution in [0.2, 0.25) is 0 Å². The summed E-state index contributed by atoms with van der Waals surface area (Å²) in [5.41, 5.74) is 5.50. The number of nitrogens with one attached hydrogen (secondary N) is 4. The summed E-state index contributed by atoms with van der Waals surface area (Å²) in [6.45, 7) is 24.2. The first-order valence-electron chi connectivity index (χ1n) is 29.6. The van der Waals surface area contributed by atoms with Crippen molar-refractivity contribution >= 4 is 70.9 Å². The second-order valence-corrected chi connectivity index (χ2v) is 25.3. The topological polar surface area (TPSA) is 302 Å². The highest BCUT2D eigenvalue weighted by atomic mass is 16.2. The minimum absolute atomic E-state index is 0.0908. The SMILES string of the molecule is CCC[C@@H]1NC(=O)[C@H](CC(C)C)N(C)C(=O)[C@H](CC(C)C)N(C)C(=O)[C@H](CC(C)C)N(C)C(=O)CN(C)C(=O)[C@@H](C)NC(=O)[C@@H](CCC(N)=O)NC(=O)[C@H](CC(C)C)N(C)C(=O)[C@H](C(C)C)NC(=O)[C@H](CC(C)C)N(C)C(=O)CN(C)C1=O. The van der Waals surface area contributed by atoms with Crippen LogP contribution in [0.5, 0.6) is 0 Å². The first kappa shape index (κ1) is 74.7. The summed E-state index contributed by atoms with van der Waals surface area (Å²) in [6.07, 6.45) is 0.752. The minimum atomic E-state index is -1.44. The molecule has 1 fully saturated rings. The van der Waals surface area contributed by atoms with E-state index in [0.29, 0.717) is 6.42 Å². The van der Waals surface area contributed by atoms with Gasteiger partial charge >= 0.3 is 0 Å². The van der Waals surface area contributed by atoms with Gasteiger partial charge in [0.05, 0.1) is 13.1 Å². The van der Waals surface area contributed by atoms with Crippen molar-refractivity contribution in [1.82, 2.24) is 55.6 Å². The number of likely N-dealkylation sites (N-methyl/N-ethyl adjacent to an activating group) is 7. The molecule has 1 saturated heterocycles. The number of carbonyl (C=O) groups excluding carboxylic acids is 12. The van der Waals surface area contributed by atoms with Crippen molar-refractivity contribution in [2.75, 3.05) is 62.4 Å². The van der Waals surface area contributed by atoms with Crippen molar-refractivity contribution in [2.24, 2.45) is 41.2 Å². The molecule has 1 heterocycles. The second kappa shape index (κ2) is 34.4. The Hall–Kier alpha value is -6.36. The van der Waals surface area contributed by atoms with Gasteiger partial charge in [0.1, 0.15) is 54.4 Å². The molecular formula is C59H106N12O12. The first-order chi connectivity index (χ1) is 38.3. The van der Waals surface area contributed by atoms with Gasteiger partial charge in [0.15, 0.2) is 0 Å². The van der Waals surface area contributed by atoms with E-state index >= 15 is 0 Å². The molecule has 0 aliphatic carbocycles. The molecule has 0 unspecified atom stereocenters. The Morgan fingerprint density at radius 1 is 0.434 bits per heavy atom. The zero-order valence-corrected chi connectivity index (χ0v) is 54.0. The molecule has 1 aliphatic heterocycles. The van der Waals surface area contributed by atoms with Gasteiger partial charge in [-0.05, 0) is 87.4 Å². The number of primary amides is 1. The largest absolute Gasteiger partial charge is 0.370 e. The van der Waals surface area contributed by atoms with E-state index in [0.717, 1.165) is 4.90 Å². The number of carbonyl (C=O) groups is 12. The molecule has 0 aromatic heterocycles. The van der Waals surface area contributed by atoms with Crippen LogP contribution in [-0.4, -0.2) is 222 Å². The number of nitrogens with zero attached hydrogens (tertiary/aromatic N) is 7. The fourth-order valence-electron chi connectivity index (χ4n) is 10.1. The maximum absolute atomic E-state index is 14.9. The third kappa shape index (κ3) is 23.0. The van der Waals surface area contributed by atoms with Crippen LogP contribution in [0.25, 0.3) is 0 Å². The summed E-state index contributed by atoms with van der Waals surface area (Å²) in [4.78, 5) is 179. The average molecular weight is 1180 g/mol. The second-order valence-electron chi connectivity index (χ2n) is 25.3. The Morgan fingerprint density at radius 3 is 1.17 bits per heavy atom. The smallest absolute Gasteiger partial charge is 0.245 e. The number of hydrogen-bond acceptors (Lipinski definition) is 12. The van der Waals surface area contributed by atoms with Gasteiger partial charge in [-0.1, -0.05) is 96.4 Å². The van der Waals surface area contributed by atoms with Gasteiger partial charge in [-0.2, -0.15) is 0 Å². The summed E-state index contributed by atoms with van der Waals surface area (Å²) >= 11 is 0. The van der Waals surface area contributed by atoms with E-state index in [1.807, 2.05) is 76.2 Å². The lowest BCUT2D eigenvalue weighted by Crippen LogP contribution is -2.61. The van der Waals surface area contributed by atoms with E-state index < -0.39 is 144 Å². The van der Waals surface area contributed by atoms with Gasteiger partial charge in [0, 0.05) is 55.8 Å². The van der Waals surface area contributed by atoms with Crippen LogP contribution in [0, 0.1) is 35.5 Å². The summed E-state index contributed by atoms with van der Waals surface area (Å²) < 4.78 is 0. The van der Waals surface area contributed by atoms with Crippen LogP contribution in [0.3, 0.4) is 0 Å². The van der Waals surface area contributed by atoms with Gasteiger partial charge in [0.2, 0.25) is 70.9 Å². The number of amides is 12. The molecule has 0 aromatic rings. The molecule has 24 heteroatoms. The Morgan fingerprint density at radius 2 is 0.771 bits per heavy atom. The van der Waals surface area contributed by atoms with Gasteiger partial charge in [-0.15, -0.1) is 0 Å². The van der Waals surface area contributed by atoms with Crippen LogP contribution < -0.4 is 27.0 Å². The lowest BCUT2D eigenvalue weighted by atomic mass is 9.96. The van der Waals surface area contributed by atoms with Crippen molar-refractivity contribution in [3.63, 3.8) is 0 Å². The third-order valence-electron chi connectivity index (χ3n) is 15.1. The zero-order valence-electron chi connectivity index (χ0n) is 54.0. The number of nitrogens with two attached hydrogens (primary N) is 1. The van der Waals surface area contributed by atoms with Crippen molar-refractivity contribution in [2.45, 2.75) is 209 Å². The monoisotopic (exact) mass is 1170 g/mol. The normalized spacial score (nSPS) is 25.4. The molecular weight excluding hydrogens is 1070 g/mol. The van der Waals surface area contributed by atoms with E-state index in [2.05, 4.69) is 21.3 Å². The van der Waals surface area contributed by atoms with Crippen LogP contribution in [-0.2, 0) is 57.5 Å². The highest BCUT2D eigenvalue weighted by Crippen LogP contribution is 2.23. The van der Waals surface area contributed by atoms with Gasteiger partial charge in [-0.25, -0.2) is 0 Å². The highest BCUT2D eigenvalue weighted by molar-refractivity contribution is 5.99. The van der Waals surface area contributed by atoms with Crippen LogP contribution in [0.4, 0.5) is 0 Å². The van der Waals surface area contributed by atoms with E-state index in [1.165, 1.54) is 85.7 Å². The molecule has 24 nitrogen and oxygen atoms in total. The molecule has 474 valence electrons. The van der Waals surface area contributed by atoms with Gasteiger partial charge in [0.25, 0.3) is 0 Å². The standard InChI is InChI=1S/C59H106N12O12/c1-22-23-41-56(80)66(16)32-48(73)67(17)42(26-33(2)3)54(78)64-50(38(12)13)59(83)70(20)44(28-35(6)7)52(76)62-40(24-25-47(60)72)51(75)61-39(14)55(79)65(15)31-49(74)68(18)45(29-36(8)9)57(81)71(21)46(30-37(10)11)58(82)69(19)43(27-34(4)5)53(77)63-41/h33-46,50H,22-32H2,1-21H3,(H2,60,72)(H,61,75)(H,62,76)(H,63,77)(H,64,78)/t39-,40-,41+,42+,43+,44+,45+,46+,50+/m1/s1. The molecule has 0 aromatic carbocycles. The van der Waals surface area contributed by atoms with Crippen molar-refractivity contribution < 1.29 is 57.5 Å². The van der Waals surface area contributed by atoms with E-state index in [9.17, 15) is 57.5 Å². The van der Waals surface area contributed by atoms with Gasteiger partial charge < -0.3 is 61.3 Å². The number of hydrogen-bond donors (Lipinski definition) is 5. The van der Waals surface area contributed by atoms with E-state index in [1.54, 1.807) is 13.8 Å². The highest BCUT2D eigenvalue weighted by Gasteiger charge is 2.42. The van der Waals surface area contributed by atoms with E-state index in [4.69, 9.17) is 5.73 Å². The minimum Gasteiger partial charge on any atom is -0.370 e. The maximum atomic E-state index is 14.9. The van der Waals surface area contributed by atoms with Crippen LogP contribution in [0.15, 0.2) is 0 Å². The van der Waals surface area contributed by atoms with E-state index in [-0.39, 0.29) is 81.0 Å². The Balaban J connectivity index is 4.22. The van der Waals surface area contributed by atoms with Gasteiger partial charge in [-0.3, -0.25) is 57.5 Å². The summed E-state index contributed by atoms with van der Waals surface area (Å²) in [5, 5.41) is 11.0. The Kier molecular flexibility index (Phi) is 31.0. The molecule has 0 bridgehead atoms. The van der Waals surface area contributed by atoms with Crippen molar-refractivity contribution in [3.8, 4) is 0 Å². The molecule has 9 atom stereocenters. The molecule has 0 saturated carbocycles. The van der Waals surface area contributed by atoms with Crippen LogP contribution >= 0.6 is 0 Å². The first-order valence-corrected chi connectivity index (χ1v) is 29.6. The third-order valence-corrected chi connectivity index (χ3v) is 15.1. The lowest BCUT2D eigenvalue weighted by Gasteiger charge is -2.39. The Bertz CT molecular complexity index is 2260. The zero-order chi connectivity index (χ0) is 64.2. The molecule has 0 radical (unpaired) electrons. The molecule has 0 spiro atoms. The summed E-state index contributed by atoms with van der Waals surface area (Å²) in [6, 6.07) is -10.8. The summed E-state index contributed by atoms with van der Waals surface area (Å²) in [5.74, 6) is -9.33. The predicted octanol–water partition coefficient (Wildman–Crippen LogP) is 1.96. The molecule has 12 amide bonds. The average Bonchev–Trinajstić information content (AvgIpc) is 3.60. The predicted molar refractivity (Wildman–Crippen MR) is 317 cm³/mol. The number of rotatable bonds is 16. The fourth-order valence-corrected chi connectivity index (χ4v) is 10.1. The molecule has 6 N–H and O–H groups in total. The van der Waals surface area contributed by atoms with Crippen molar-refractivity contribution in [1.29, 1.82) is 0 Å². The molecule has 1 aliphatic rings. The summed E-state index contributed by atoms with van der Waals surface area (Å²) in [7, 11) is 9.96.